The lowest BCUT2D eigenvalue weighted by molar-refractivity contribution is 0.0767. The molecule has 3 aromatic rings. The molecule has 32 heavy (non-hydrogen) atoms. The smallest absolute Gasteiger partial charge is 0.272 e. The van der Waals surface area contributed by atoms with Gasteiger partial charge in [0.05, 0.1) is 11.9 Å². The van der Waals surface area contributed by atoms with Crippen LogP contribution in [0.3, 0.4) is 0 Å². The predicted molar refractivity (Wildman–Crippen MR) is 117 cm³/mol. The molecule has 8 nitrogen and oxygen atoms in total. The summed E-state index contributed by atoms with van der Waals surface area (Å²) in [4.78, 5) is 41.5. The van der Waals surface area contributed by atoms with E-state index in [0.29, 0.717) is 24.7 Å². The fourth-order valence-electron chi connectivity index (χ4n) is 4.62. The zero-order valence-electron chi connectivity index (χ0n) is 17.4. The number of carbonyl (C=O) groups is 1. The lowest BCUT2D eigenvalue weighted by Crippen LogP contribution is -2.38. The standard InChI is InChI=1S/C22H20ClFN6O2/c1-28-19(31)8-17(12-6-7-25-9-15(12)24)27-22(28)29(2)20-13-10-30(11-14(13)20)21(32)16-4-3-5-18(23)26-16/h3-9,13-14,20H,10-11H2,1-2H3/t13-,14+,20-. The van der Waals surface area contributed by atoms with Crippen LogP contribution in [-0.4, -0.2) is 56.5 Å². The van der Waals surface area contributed by atoms with Crippen molar-refractivity contribution in [1.29, 1.82) is 0 Å². The summed E-state index contributed by atoms with van der Waals surface area (Å²) in [7, 11) is 3.52. The zero-order valence-corrected chi connectivity index (χ0v) is 18.2. The molecule has 3 aromatic heterocycles. The number of hydrogen-bond donors (Lipinski definition) is 0. The predicted octanol–water partition coefficient (Wildman–Crippen LogP) is 2.24. The van der Waals surface area contributed by atoms with E-state index >= 15 is 0 Å². The van der Waals surface area contributed by atoms with Gasteiger partial charge in [-0.2, -0.15) is 0 Å². The van der Waals surface area contributed by atoms with Gasteiger partial charge in [0.15, 0.2) is 5.82 Å². The van der Waals surface area contributed by atoms with Gasteiger partial charge >= 0.3 is 0 Å². The molecule has 0 radical (unpaired) electrons. The molecule has 5 rings (SSSR count). The third-order valence-electron chi connectivity index (χ3n) is 6.29. The van der Waals surface area contributed by atoms with E-state index in [9.17, 15) is 14.0 Å². The fourth-order valence-corrected chi connectivity index (χ4v) is 4.79. The Bertz CT molecular complexity index is 1270. The van der Waals surface area contributed by atoms with Crippen molar-refractivity contribution < 1.29 is 9.18 Å². The quantitative estimate of drug-likeness (QED) is 0.562. The topological polar surface area (TPSA) is 84.2 Å². The third kappa shape index (κ3) is 3.42. The van der Waals surface area contributed by atoms with Crippen molar-refractivity contribution in [2.24, 2.45) is 18.9 Å². The maximum atomic E-state index is 14.2. The molecule has 3 atom stereocenters. The Hall–Kier alpha value is -3.33. The van der Waals surface area contributed by atoms with E-state index in [0.717, 1.165) is 6.20 Å². The number of aromatic nitrogens is 4. The van der Waals surface area contributed by atoms with Gasteiger partial charge in [-0.15, -0.1) is 0 Å². The maximum Gasteiger partial charge on any atom is 0.272 e. The second kappa shape index (κ2) is 7.67. The van der Waals surface area contributed by atoms with Crippen molar-refractivity contribution in [1.82, 2.24) is 24.4 Å². The van der Waals surface area contributed by atoms with Crippen LogP contribution in [0.15, 0.2) is 47.5 Å². The molecule has 2 fully saturated rings. The van der Waals surface area contributed by atoms with E-state index in [1.807, 2.05) is 11.9 Å². The Kier molecular flexibility index (Phi) is 4.93. The molecule has 1 aliphatic heterocycles. The normalized spacial score (nSPS) is 21.4. The van der Waals surface area contributed by atoms with E-state index in [4.69, 9.17) is 11.6 Å². The van der Waals surface area contributed by atoms with E-state index < -0.39 is 5.82 Å². The molecular weight excluding hydrogens is 435 g/mol. The number of pyridine rings is 2. The molecule has 0 unspecified atom stereocenters. The number of nitrogens with zero attached hydrogens (tertiary/aromatic N) is 6. The molecule has 2 aliphatic rings. The highest BCUT2D eigenvalue weighted by molar-refractivity contribution is 6.29. The number of hydrogen-bond acceptors (Lipinski definition) is 6. The maximum absolute atomic E-state index is 14.2. The van der Waals surface area contributed by atoms with Crippen LogP contribution in [0.1, 0.15) is 10.5 Å². The van der Waals surface area contributed by atoms with Crippen molar-refractivity contribution in [3.63, 3.8) is 0 Å². The van der Waals surface area contributed by atoms with E-state index in [1.54, 1.807) is 30.1 Å². The van der Waals surface area contributed by atoms with Gasteiger partial charge in [0.25, 0.3) is 11.5 Å². The number of amides is 1. The van der Waals surface area contributed by atoms with Crippen LogP contribution in [-0.2, 0) is 7.05 Å². The molecule has 0 N–H and O–H groups in total. The minimum Gasteiger partial charge on any atom is -0.342 e. The Balaban J connectivity index is 1.35. The number of rotatable bonds is 4. The number of anilines is 1. The number of halogens is 2. The van der Waals surface area contributed by atoms with Crippen LogP contribution in [0.5, 0.6) is 0 Å². The number of carbonyl (C=O) groups excluding carboxylic acids is 1. The monoisotopic (exact) mass is 454 g/mol. The van der Waals surface area contributed by atoms with Crippen LogP contribution in [0.25, 0.3) is 11.3 Å². The third-order valence-corrected chi connectivity index (χ3v) is 6.50. The van der Waals surface area contributed by atoms with Gasteiger partial charge in [-0.05, 0) is 18.2 Å². The first-order chi connectivity index (χ1) is 15.3. The molecule has 10 heteroatoms. The summed E-state index contributed by atoms with van der Waals surface area (Å²) < 4.78 is 15.7. The summed E-state index contributed by atoms with van der Waals surface area (Å²) in [5, 5.41) is 0.287. The Morgan fingerprint density at radius 3 is 2.66 bits per heavy atom. The minimum atomic E-state index is -0.533. The highest BCUT2D eigenvalue weighted by atomic mass is 35.5. The Morgan fingerprint density at radius 1 is 1.22 bits per heavy atom. The highest BCUT2D eigenvalue weighted by Crippen LogP contribution is 2.49. The van der Waals surface area contributed by atoms with Crippen LogP contribution in [0, 0.1) is 17.7 Å². The number of fused-ring (bicyclic) bond motifs is 1. The van der Waals surface area contributed by atoms with Crippen molar-refractivity contribution in [2.75, 3.05) is 25.0 Å². The molecule has 4 heterocycles. The summed E-state index contributed by atoms with van der Waals surface area (Å²) in [6.45, 7) is 1.19. The molecule has 1 saturated carbocycles. The summed E-state index contributed by atoms with van der Waals surface area (Å²) in [6.07, 6.45) is 2.57. The lowest BCUT2D eigenvalue weighted by Gasteiger charge is -2.26. The van der Waals surface area contributed by atoms with Gasteiger partial charge in [-0.1, -0.05) is 17.7 Å². The van der Waals surface area contributed by atoms with Crippen molar-refractivity contribution >= 4 is 23.5 Å². The summed E-state index contributed by atoms with van der Waals surface area (Å²) in [5.74, 6) is 0.316. The van der Waals surface area contributed by atoms with E-state index in [-0.39, 0.29) is 45.8 Å². The van der Waals surface area contributed by atoms with Gasteiger partial charge in [-0.25, -0.2) is 14.4 Å². The van der Waals surface area contributed by atoms with Gasteiger partial charge in [0.2, 0.25) is 5.95 Å². The second-order valence-electron chi connectivity index (χ2n) is 8.18. The average molecular weight is 455 g/mol. The number of likely N-dealkylation sites (tertiary alicyclic amines) is 1. The fraction of sp³-hybridized carbons (Fsp3) is 0.318. The Labute approximate surface area is 188 Å². The average Bonchev–Trinajstić information content (AvgIpc) is 3.28. The molecule has 1 saturated heterocycles. The van der Waals surface area contributed by atoms with Crippen LogP contribution in [0.4, 0.5) is 10.3 Å². The van der Waals surface area contributed by atoms with Crippen molar-refractivity contribution in [3.8, 4) is 11.3 Å². The molecule has 0 bridgehead atoms. The molecule has 1 aliphatic carbocycles. The summed E-state index contributed by atoms with van der Waals surface area (Å²) in [6, 6.07) is 7.96. The van der Waals surface area contributed by atoms with Gasteiger partial charge in [-0.3, -0.25) is 19.1 Å². The van der Waals surface area contributed by atoms with Crippen LogP contribution < -0.4 is 10.5 Å². The highest BCUT2D eigenvalue weighted by Gasteiger charge is 2.59. The summed E-state index contributed by atoms with van der Waals surface area (Å²) in [5.41, 5.74) is 0.557. The molecule has 164 valence electrons. The zero-order chi connectivity index (χ0) is 22.6. The van der Waals surface area contributed by atoms with Crippen LogP contribution in [0.2, 0.25) is 5.15 Å². The first-order valence-electron chi connectivity index (χ1n) is 10.2. The molecule has 1 amide bonds. The SMILES string of the molecule is CN(c1nc(-c2ccncc2F)cc(=O)n1C)[C@@H]1[C@@H]2CN(C(=O)c3cccc(Cl)n3)C[C@@H]21. The molecule has 0 aromatic carbocycles. The molecule has 0 spiro atoms. The second-order valence-corrected chi connectivity index (χ2v) is 8.57. The van der Waals surface area contributed by atoms with Gasteiger partial charge in [0.1, 0.15) is 10.8 Å². The van der Waals surface area contributed by atoms with E-state index in [1.165, 1.54) is 22.9 Å². The van der Waals surface area contributed by atoms with Crippen molar-refractivity contribution in [2.45, 2.75) is 6.04 Å². The van der Waals surface area contributed by atoms with Gasteiger partial charge in [0, 0.05) is 62.9 Å². The largest absolute Gasteiger partial charge is 0.342 e. The first kappa shape index (κ1) is 20.6. The minimum absolute atomic E-state index is 0.137. The lowest BCUT2D eigenvalue weighted by atomic mass is 10.2. The first-order valence-corrected chi connectivity index (χ1v) is 10.6. The Morgan fingerprint density at radius 2 is 1.97 bits per heavy atom. The number of piperidine rings is 1. The summed E-state index contributed by atoms with van der Waals surface area (Å²) >= 11 is 5.91. The molecular formula is C22H20ClFN6O2. The van der Waals surface area contributed by atoms with Gasteiger partial charge < -0.3 is 9.80 Å². The van der Waals surface area contributed by atoms with Crippen molar-refractivity contribution in [3.05, 3.63) is 69.7 Å². The van der Waals surface area contributed by atoms with Crippen LogP contribution >= 0.6 is 11.6 Å². The van der Waals surface area contributed by atoms with E-state index in [2.05, 4.69) is 15.0 Å².